The summed E-state index contributed by atoms with van der Waals surface area (Å²) in [6.45, 7) is 0.873. The lowest BCUT2D eigenvalue weighted by molar-refractivity contribution is 0.315. The first kappa shape index (κ1) is 13.9. The van der Waals surface area contributed by atoms with Gasteiger partial charge in [-0.1, -0.05) is 38.2 Å². The van der Waals surface area contributed by atoms with Gasteiger partial charge in [-0.3, -0.25) is 4.99 Å². The SMILES string of the molecule is CN=C(NCc1cccs1)NC1CC1C1CCCCC1. The third-order valence-corrected chi connectivity index (χ3v) is 5.53. The monoisotopic (exact) mass is 291 g/mol. The van der Waals surface area contributed by atoms with Crippen molar-refractivity contribution in [2.75, 3.05) is 7.05 Å². The fraction of sp³-hybridized carbons (Fsp3) is 0.688. The third-order valence-electron chi connectivity index (χ3n) is 4.65. The minimum absolute atomic E-state index is 0.660. The summed E-state index contributed by atoms with van der Waals surface area (Å²) in [5, 5.41) is 9.13. The summed E-state index contributed by atoms with van der Waals surface area (Å²) in [7, 11) is 1.86. The van der Waals surface area contributed by atoms with Crippen LogP contribution in [-0.2, 0) is 6.54 Å². The van der Waals surface area contributed by atoms with Crippen molar-refractivity contribution in [2.45, 2.75) is 51.1 Å². The maximum Gasteiger partial charge on any atom is 0.191 e. The van der Waals surface area contributed by atoms with Gasteiger partial charge in [0.05, 0.1) is 6.54 Å². The molecule has 3 nitrogen and oxygen atoms in total. The van der Waals surface area contributed by atoms with E-state index in [0.717, 1.165) is 24.3 Å². The Balaban J connectivity index is 1.42. The smallest absolute Gasteiger partial charge is 0.191 e. The second-order valence-corrected chi connectivity index (χ2v) is 7.09. The Kier molecular flexibility index (Phi) is 4.61. The Hall–Kier alpha value is -1.03. The van der Waals surface area contributed by atoms with Crippen LogP contribution in [0.25, 0.3) is 0 Å². The van der Waals surface area contributed by atoms with Gasteiger partial charge in [0.2, 0.25) is 0 Å². The van der Waals surface area contributed by atoms with Crippen LogP contribution < -0.4 is 10.6 Å². The largest absolute Gasteiger partial charge is 0.353 e. The molecule has 2 N–H and O–H groups in total. The zero-order valence-corrected chi connectivity index (χ0v) is 13.1. The standard InChI is InChI=1S/C16H25N3S/c1-17-16(18-11-13-8-5-9-20-13)19-15-10-14(15)12-6-3-2-4-7-12/h5,8-9,12,14-15H,2-4,6-7,10-11H2,1H3,(H2,17,18,19). The van der Waals surface area contributed by atoms with Gasteiger partial charge in [-0.2, -0.15) is 0 Å². The number of nitrogens with zero attached hydrogens (tertiary/aromatic N) is 1. The Labute approximate surface area is 125 Å². The highest BCUT2D eigenvalue weighted by Gasteiger charge is 2.43. The molecule has 20 heavy (non-hydrogen) atoms. The molecule has 2 fully saturated rings. The van der Waals surface area contributed by atoms with Crippen molar-refractivity contribution in [2.24, 2.45) is 16.8 Å². The molecule has 0 amide bonds. The molecule has 0 aromatic carbocycles. The van der Waals surface area contributed by atoms with E-state index in [1.807, 2.05) is 7.05 Å². The molecule has 0 bridgehead atoms. The molecule has 0 aliphatic heterocycles. The third kappa shape index (κ3) is 3.54. The first-order chi connectivity index (χ1) is 9.86. The lowest BCUT2D eigenvalue weighted by Crippen LogP contribution is -2.39. The van der Waals surface area contributed by atoms with E-state index in [-0.39, 0.29) is 0 Å². The van der Waals surface area contributed by atoms with Crippen LogP contribution >= 0.6 is 11.3 Å². The van der Waals surface area contributed by atoms with Crippen LogP contribution in [0.2, 0.25) is 0 Å². The summed E-state index contributed by atoms with van der Waals surface area (Å²) in [6, 6.07) is 4.91. The van der Waals surface area contributed by atoms with E-state index >= 15 is 0 Å². The van der Waals surface area contributed by atoms with E-state index < -0.39 is 0 Å². The average Bonchev–Trinajstić information content (AvgIpc) is 3.06. The van der Waals surface area contributed by atoms with Crippen LogP contribution in [0.4, 0.5) is 0 Å². The van der Waals surface area contributed by atoms with Gasteiger partial charge in [0.25, 0.3) is 0 Å². The van der Waals surface area contributed by atoms with Crippen molar-refractivity contribution in [3.8, 4) is 0 Å². The van der Waals surface area contributed by atoms with E-state index in [1.54, 1.807) is 11.3 Å². The quantitative estimate of drug-likeness (QED) is 0.659. The topological polar surface area (TPSA) is 36.4 Å². The fourth-order valence-electron chi connectivity index (χ4n) is 3.42. The summed E-state index contributed by atoms with van der Waals surface area (Å²) in [5.41, 5.74) is 0. The molecule has 0 radical (unpaired) electrons. The van der Waals surface area contributed by atoms with Gasteiger partial charge in [0.15, 0.2) is 5.96 Å². The normalized spacial score (nSPS) is 27.4. The van der Waals surface area contributed by atoms with Crippen LogP contribution in [-0.4, -0.2) is 19.0 Å². The van der Waals surface area contributed by atoms with E-state index in [2.05, 4.69) is 33.1 Å². The minimum atomic E-state index is 0.660. The van der Waals surface area contributed by atoms with Gasteiger partial charge in [-0.25, -0.2) is 0 Å². The zero-order valence-electron chi connectivity index (χ0n) is 12.3. The lowest BCUT2D eigenvalue weighted by atomic mass is 9.85. The van der Waals surface area contributed by atoms with E-state index in [1.165, 1.54) is 43.4 Å². The summed E-state index contributed by atoms with van der Waals surface area (Å²) in [5.74, 6) is 2.83. The summed E-state index contributed by atoms with van der Waals surface area (Å²) >= 11 is 1.79. The lowest BCUT2D eigenvalue weighted by Gasteiger charge is -2.22. The highest BCUT2D eigenvalue weighted by molar-refractivity contribution is 7.09. The first-order valence-corrected chi connectivity index (χ1v) is 8.74. The number of hydrogen-bond acceptors (Lipinski definition) is 2. The molecule has 1 aromatic heterocycles. The maximum absolute atomic E-state index is 4.35. The highest BCUT2D eigenvalue weighted by atomic mass is 32.1. The van der Waals surface area contributed by atoms with Crippen LogP contribution in [0.1, 0.15) is 43.4 Å². The highest BCUT2D eigenvalue weighted by Crippen LogP contribution is 2.44. The minimum Gasteiger partial charge on any atom is -0.353 e. The predicted molar refractivity (Wildman–Crippen MR) is 86.1 cm³/mol. The summed E-state index contributed by atoms with van der Waals surface area (Å²) in [6.07, 6.45) is 8.57. The maximum atomic E-state index is 4.35. The van der Waals surface area contributed by atoms with Crippen molar-refractivity contribution in [1.82, 2.24) is 10.6 Å². The van der Waals surface area contributed by atoms with Gasteiger partial charge in [0, 0.05) is 18.0 Å². The summed E-state index contributed by atoms with van der Waals surface area (Å²) < 4.78 is 0. The van der Waals surface area contributed by atoms with Gasteiger partial charge >= 0.3 is 0 Å². The molecule has 2 unspecified atom stereocenters. The Morgan fingerprint density at radius 3 is 2.90 bits per heavy atom. The molecule has 2 aliphatic rings. The van der Waals surface area contributed by atoms with Gasteiger partial charge in [-0.15, -0.1) is 11.3 Å². The van der Waals surface area contributed by atoms with Crippen LogP contribution in [0.15, 0.2) is 22.5 Å². The van der Waals surface area contributed by atoms with Crippen molar-refractivity contribution < 1.29 is 0 Å². The van der Waals surface area contributed by atoms with E-state index in [9.17, 15) is 0 Å². The molecule has 1 aromatic rings. The average molecular weight is 291 g/mol. The van der Waals surface area contributed by atoms with E-state index in [4.69, 9.17) is 0 Å². The predicted octanol–water partition coefficient (Wildman–Crippen LogP) is 3.38. The second-order valence-electron chi connectivity index (χ2n) is 6.05. The molecule has 2 atom stereocenters. The number of rotatable bonds is 4. The first-order valence-electron chi connectivity index (χ1n) is 7.86. The Morgan fingerprint density at radius 1 is 1.35 bits per heavy atom. The molecule has 2 saturated carbocycles. The molecule has 0 saturated heterocycles. The summed E-state index contributed by atoms with van der Waals surface area (Å²) in [4.78, 5) is 5.70. The molecule has 110 valence electrons. The van der Waals surface area contributed by atoms with Gasteiger partial charge < -0.3 is 10.6 Å². The number of thiophene rings is 1. The van der Waals surface area contributed by atoms with Gasteiger partial charge in [0.1, 0.15) is 0 Å². The second kappa shape index (κ2) is 6.61. The molecular weight excluding hydrogens is 266 g/mol. The van der Waals surface area contributed by atoms with Crippen molar-refractivity contribution >= 4 is 17.3 Å². The number of aliphatic imine (C=N–C) groups is 1. The number of nitrogens with one attached hydrogen (secondary N) is 2. The van der Waals surface area contributed by atoms with Crippen LogP contribution in [0, 0.1) is 11.8 Å². The molecule has 1 heterocycles. The number of hydrogen-bond donors (Lipinski definition) is 2. The fourth-order valence-corrected chi connectivity index (χ4v) is 4.06. The van der Waals surface area contributed by atoms with Crippen LogP contribution in [0.3, 0.4) is 0 Å². The molecule has 4 heteroatoms. The van der Waals surface area contributed by atoms with E-state index in [0.29, 0.717) is 6.04 Å². The molecular formula is C16H25N3S. The molecule has 0 spiro atoms. The molecule has 3 rings (SSSR count). The Morgan fingerprint density at radius 2 is 2.20 bits per heavy atom. The van der Waals surface area contributed by atoms with Crippen molar-refractivity contribution in [3.63, 3.8) is 0 Å². The zero-order chi connectivity index (χ0) is 13.8. The van der Waals surface area contributed by atoms with Crippen LogP contribution in [0.5, 0.6) is 0 Å². The Bertz CT molecular complexity index is 435. The van der Waals surface area contributed by atoms with Gasteiger partial charge in [-0.05, 0) is 29.7 Å². The molecule has 2 aliphatic carbocycles. The van der Waals surface area contributed by atoms with Crippen molar-refractivity contribution in [3.05, 3.63) is 22.4 Å². The van der Waals surface area contributed by atoms with Crippen molar-refractivity contribution in [1.29, 1.82) is 0 Å². The number of guanidine groups is 1.